The van der Waals surface area contributed by atoms with Crippen LogP contribution < -0.4 is 10.3 Å². The van der Waals surface area contributed by atoms with Gasteiger partial charge in [0.05, 0.1) is 11.0 Å². The molecule has 186 valence electrons. The van der Waals surface area contributed by atoms with Crippen LogP contribution in [0.2, 0.25) is 0 Å². The number of pyridine rings is 1. The number of amides is 1. The van der Waals surface area contributed by atoms with E-state index in [4.69, 9.17) is 4.74 Å². The molecule has 0 unspecified atom stereocenters. The number of ether oxygens (including phenoxy) is 1. The highest BCUT2D eigenvalue weighted by Gasteiger charge is 2.38. The fraction of sp³-hybridized carbons (Fsp3) is 0.417. The molecule has 35 heavy (non-hydrogen) atoms. The average Bonchev–Trinajstić information content (AvgIpc) is 2.77. The van der Waals surface area contributed by atoms with Gasteiger partial charge in [-0.1, -0.05) is 0 Å². The first-order chi connectivity index (χ1) is 16.3. The van der Waals surface area contributed by atoms with Crippen LogP contribution in [-0.4, -0.2) is 49.6 Å². The summed E-state index contributed by atoms with van der Waals surface area (Å²) < 4.78 is 47.0. The second kappa shape index (κ2) is 8.95. The van der Waals surface area contributed by atoms with Gasteiger partial charge in [0.2, 0.25) is 0 Å². The van der Waals surface area contributed by atoms with Crippen molar-refractivity contribution in [2.75, 3.05) is 13.1 Å². The third-order valence-electron chi connectivity index (χ3n) is 5.93. The molecule has 4 rings (SSSR count). The number of alkyl halides is 3. The van der Waals surface area contributed by atoms with E-state index in [1.54, 1.807) is 11.8 Å². The van der Waals surface area contributed by atoms with Crippen molar-refractivity contribution >= 4 is 16.9 Å². The van der Waals surface area contributed by atoms with Gasteiger partial charge in [0, 0.05) is 24.2 Å². The van der Waals surface area contributed by atoms with Crippen LogP contribution in [0.15, 0.2) is 35.1 Å². The number of aromatic nitrogens is 3. The molecule has 1 aliphatic heterocycles. The van der Waals surface area contributed by atoms with Crippen molar-refractivity contribution in [3.05, 3.63) is 63.3 Å². The van der Waals surface area contributed by atoms with Crippen molar-refractivity contribution in [1.82, 2.24) is 19.9 Å². The number of carbonyl (C=O) groups is 1. The van der Waals surface area contributed by atoms with Gasteiger partial charge in [-0.3, -0.25) is 9.59 Å². The number of halogens is 3. The average molecular weight is 490 g/mol. The number of hydrogen-bond acceptors (Lipinski definition) is 6. The summed E-state index contributed by atoms with van der Waals surface area (Å²) in [5, 5.41) is 10.2. The molecule has 1 aliphatic rings. The van der Waals surface area contributed by atoms with Gasteiger partial charge in [0.1, 0.15) is 17.7 Å². The second-order valence-corrected chi connectivity index (χ2v) is 9.06. The number of carbonyl (C=O) groups excluding carboxylic acids is 1. The largest absolute Gasteiger partial charge is 0.486 e. The molecular weight excluding hydrogens is 465 g/mol. The summed E-state index contributed by atoms with van der Waals surface area (Å²) in [6.45, 7) is 5.32. The highest BCUT2D eigenvalue weighted by molar-refractivity contribution is 5.94. The lowest BCUT2D eigenvalue weighted by molar-refractivity contribution is -0.142. The summed E-state index contributed by atoms with van der Waals surface area (Å²) in [5.74, 6) is 0.150. The van der Waals surface area contributed by atoms with E-state index in [0.717, 1.165) is 6.07 Å². The van der Waals surface area contributed by atoms with Gasteiger partial charge in [-0.2, -0.15) is 13.2 Å². The van der Waals surface area contributed by atoms with E-state index >= 15 is 0 Å². The molecule has 0 bridgehead atoms. The molecule has 2 atom stereocenters. The number of fused-ring (bicyclic) bond motifs is 1. The molecule has 2 aromatic heterocycles. The van der Waals surface area contributed by atoms with Gasteiger partial charge in [-0.05, 0) is 63.9 Å². The van der Waals surface area contributed by atoms with Crippen molar-refractivity contribution in [2.45, 2.75) is 51.5 Å². The Bertz CT molecular complexity index is 1320. The summed E-state index contributed by atoms with van der Waals surface area (Å²) in [6.07, 6.45) is -4.59. The molecule has 0 saturated carbocycles. The van der Waals surface area contributed by atoms with Gasteiger partial charge >= 0.3 is 6.18 Å². The van der Waals surface area contributed by atoms with Crippen LogP contribution in [-0.2, 0) is 6.18 Å². The molecule has 0 spiro atoms. The highest BCUT2D eigenvalue weighted by atomic mass is 19.4. The zero-order valence-corrected chi connectivity index (χ0v) is 19.4. The molecule has 1 saturated heterocycles. The van der Waals surface area contributed by atoms with Crippen molar-refractivity contribution in [1.29, 1.82) is 0 Å². The predicted molar refractivity (Wildman–Crippen MR) is 121 cm³/mol. The van der Waals surface area contributed by atoms with Gasteiger partial charge < -0.3 is 19.7 Å². The predicted octanol–water partition coefficient (Wildman–Crippen LogP) is 3.77. The molecule has 8 nitrogen and oxygen atoms in total. The molecule has 0 radical (unpaired) electrons. The number of benzene rings is 1. The van der Waals surface area contributed by atoms with E-state index in [1.165, 1.54) is 38.1 Å². The first-order valence-electron chi connectivity index (χ1n) is 11.1. The number of aliphatic hydroxyl groups is 1. The van der Waals surface area contributed by atoms with Crippen LogP contribution in [0.4, 0.5) is 13.2 Å². The van der Waals surface area contributed by atoms with E-state index in [0.29, 0.717) is 24.9 Å². The van der Waals surface area contributed by atoms with Crippen LogP contribution in [0.3, 0.4) is 0 Å². The first kappa shape index (κ1) is 24.6. The van der Waals surface area contributed by atoms with Gasteiger partial charge in [-0.15, -0.1) is 0 Å². The smallest absolute Gasteiger partial charge is 0.433 e. The molecule has 11 heteroatoms. The zero-order valence-electron chi connectivity index (χ0n) is 19.4. The summed E-state index contributed by atoms with van der Waals surface area (Å²) in [5.41, 5.74) is -2.95. The molecular formula is C24H25F3N4O4. The van der Waals surface area contributed by atoms with Crippen LogP contribution in [0.5, 0.6) is 5.75 Å². The van der Waals surface area contributed by atoms with Crippen LogP contribution in [0.1, 0.15) is 60.2 Å². The van der Waals surface area contributed by atoms with Crippen LogP contribution >= 0.6 is 0 Å². The minimum Gasteiger partial charge on any atom is -0.486 e. The maximum atomic E-state index is 13.8. The Labute approximate surface area is 198 Å². The van der Waals surface area contributed by atoms with E-state index in [9.17, 15) is 27.9 Å². The lowest BCUT2D eigenvalue weighted by Gasteiger charge is -2.36. The number of nitrogens with zero attached hydrogens (tertiary/aromatic N) is 3. The van der Waals surface area contributed by atoms with E-state index < -0.39 is 29.1 Å². The third-order valence-corrected chi connectivity index (χ3v) is 5.93. The minimum atomic E-state index is -4.79. The Morgan fingerprint density at radius 2 is 1.94 bits per heavy atom. The fourth-order valence-electron chi connectivity index (χ4n) is 4.25. The monoisotopic (exact) mass is 490 g/mol. The minimum absolute atomic E-state index is 0.0765. The number of β-amino-alcohol motifs (C(OH)–C–C–N with tert-alkyl or cyclic N) is 1. The van der Waals surface area contributed by atoms with Gasteiger partial charge in [0.25, 0.3) is 11.5 Å². The first-order valence-corrected chi connectivity index (χ1v) is 11.1. The number of rotatable bonds is 4. The SMILES string of the molecule is Cc1nc2nc(C(F)(F)F)c([C@H](C)Oc3ccc(C(=O)N4CCC[C@@](C)(O)C4)cc3)cc2c(=O)[nH]1. The number of hydrogen-bond donors (Lipinski definition) is 2. The fourth-order valence-corrected chi connectivity index (χ4v) is 4.25. The number of aromatic amines is 1. The molecule has 2 N–H and O–H groups in total. The Morgan fingerprint density at radius 1 is 1.26 bits per heavy atom. The molecule has 1 amide bonds. The van der Waals surface area contributed by atoms with E-state index in [2.05, 4.69) is 15.0 Å². The third kappa shape index (κ3) is 5.29. The van der Waals surface area contributed by atoms with E-state index in [1.807, 2.05) is 0 Å². The Morgan fingerprint density at radius 3 is 2.57 bits per heavy atom. The van der Waals surface area contributed by atoms with Crippen molar-refractivity contribution in [3.63, 3.8) is 0 Å². The molecule has 0 aliphatic carbocycles. The second-order valence-electron chi connectivity index (χ2n) is 9.06. The Balaban J connectivity index is 1.59. The standard InChI is InChI=1S/C24H25F3N4O4/c1-13(17-11-18-20(28-14(2)29-21(18)32)30-19(17)24(25,26)27)35-16-7-5-15(6-8-16)22(33)31-10-4-9-23(3,34)12-31/h5-8,11,13,34H,4,9-10,12H2,1-3H3,(H,28,29,30,32)/t13-,23+/m0/s1. The number of likely N-dealkylation sites (tertiary alicyclic amines) is 1. The number of piperidine rings is 1. The Kier molecular flexibility index (Phi) is 6.31. The van der Waals surface area contributed by atoms with E-state index in [-0.39, 0.29) is 40.6 Å². The molecule has 3 heterocycles. The van der Waals surface area contributed by atoms with Crippen LogP contribution in [0, 0.1) is 6.92 Å². The molecule has 1 aromatic carbocycles. The number of nitrogens with one attached hydrogen (secondary N) is 1. The summed E-state index contributed by atoms with van der Waals surface area (Å²) >= 11 is 0. The lowest BCUT2D eigenvalue weighted by Crippen LogP contribution is -2.48. The topological polar surface area (TPSA) is 108 Å². The molecule has 1 fully saturated rings. The van der Waals surface area contributed by atoms with Crippen molar-refractivity contribution in [2.24, 2.45) is 0 Å². The summed E-state index contributed by atoms with van der Waals surface area (Å²) in [4.78, 5) is 36.6. The Hall–Kier alpha value is -3.47. The maximum Gasteiger partial charge on any atom is 0.433 e. The summed E-state index contributed by atoms with van der Waals surface area (Å²) in [7, 11) is 0. The molecule has 3 aromatic rings. The van der Waals surface area contributed by atoms with Crippen LogP contribution in [0.25, 0.3) is 11.0 Å². The van der Waals surface area contributed by atoms with Crippen molar-refractivity contribution in [3.8, 4) is 5.75 Å². The highest BCUT2D eigenvalue weighted by Crippen LogP contribution is 2.36. The number of H-pyrrole nitrogens is 1. The zero-order chi connectivity index (χ0) is 25.5. The number of aryl methyl sites for hydroxylation is 1. The lowest BCUT2D eigenvalue weighted by atomic mass is 9.94. The summed E-state index contributed by atoms with van der Waals surface area (Å²) in [6, 6.07) is 7.13. The van der Waals surface area contributed by atoms with Gasteiger partial charge in [-0.25, -0.2) is 9.97 Å². The van der Waals surface area contributed by atoms with Crippen molar-refractivity contribution < 1.29 is 27.8 Å². The maximum absolute atomic E-state index is 13.8. The normalized spacial score (nSPS) is 19.6. The van der Waals surface area contributed by atoms with Gasteiger partial charge in [0.15, 0.2) is 11.3 Å². The quantitative estimate of drug-likeness (QED) is 0.577.